The summed E-state index contributed by atoms with van der Waals surface area (Å²) >= 11 is 1.11. The average Bonchev–Trinajstić information content (AvgIpc) is 2.93. The van der Waals surface area contributed by atoms with Gasteiger partial charge in [-0.05, 0) is 16.6 Å². The maximum Gasteiger partial charge on any atom is 0.200 e. The lowest BCUT2D eigenvalue weighted by molar-refractivity contribution is 0.379. The Morgan fingerprint density at radius 1 is 0.372 bits per heavy atom. The van der Waals surface area contributed by atoms with Gasteiger partial charge in [0, 0.05) is 11.3 Å². The van der Waals surface area contributed by atoms with Crippen molar-refractivity contribution in [1.82, 2.24) is 0 Å². The van der Waals surface area contributed by atoms with E-state index in [1.165, 1.54) is 0 Å². The summed E-state index contributed by atoms with van der Waals surface area (Å²) in [4.78, 5) is 0. The van der Waals surface area contributed by atoms with Gasteiger partial charge >= 0.3 is 0 Å². The Bertz CT molecular complexity index is 1490. The molecule has 43 heavy (non-hydrogen) atoms. The summed E-state index contributed by atoms with van der Waals surface area (Å²) in [5, 5.41) is 0. The number of rotatable bonds is 8. The summed E-state index contributed by atoms with van der Waals surface area (Å²) in [6, 6.07) is 0. The lowest BCUT2D eigenvalue weighted by atomic mass is 9.94. The predicted octanol–water partition coefficient (Wildman–Crippen LogP) is 11.2. The van der Waals surface area contributed by atoms with Gasteiger partial charge in [-0.2, -0.15) is 11.2 Å². The lowest BCUT2D eigenvalue weighted by Crippen LogP contribution is -2.41. The fraction of sp³-hybridized carbons (Fsp3) is 0.357. The highest BCUT2D eigenvalue weighted by atomic mass is 32.4. The first-order chi connectivity index (χ1) is 19.8. The second-order valence-corrected chi connectivity index (χ2v) is 19.4. The molecule has 0 aliphatic rings. The van der Waals surface area contributed by atoms with Gasteiger partial charge in [-0.3, -0.25) is 0 Å². The Kier molecular flexibility index (Phi) is 10.0. The van der Waals surface area contributed by atoms with Crippen LogP contribution in [0, 0.1) is 75.6 Å². The minimum atomic E-state index is -2.86. The first-order valence-corrected chi connectivity index (χ1v) is 16.6. The van der Waals surface area contributed by atoms with E-state index in [0.717, 1.165) is 11.2 Å². The zero-order valence-electron chi connectivity index (χ0n) is 23.3. The molecule has 0 aliphatic heterocycles. The topological polar surface area (TPSA) is 0 Å². The van der Waals surface area contributed by atoms with Crippen LogP contribution in [0.15, 0.2) is 0 Å². The molecule has 0 spiro atoms. The summed E-state index contributed by atoms with van der Waals surface area (Å²) in [5.74, 6) is -35.1. The van der Waals surface area contributed by atoms with Gasteiger partial charge in [0.25, 0.3) is 0 Å². The van der Waals surface area contributed by atoms with Crippen LogP contribution in [-0.4, -0.2) is 7.22 Å². The molecule has 3 rings (SSSR count). The molecule has 15 heteroatoms. The van der Waals surface area contributed by atoms with Crippen molar-refractivity contribution in [3.63, 3.8) is 0 Å². The van der Waals surface area contributed by atoms with Crippen LogP contribution in [-0.2, 0) is 5.75 Å². The molecule has 0 N–H and O–H groups in total. The lowest BCUT2D eigenvalue weighted by Gasteiger charge is -2.42. The number of hydrogen-bond donors (Lipinski definition) is 0. The van der Waals surface area contributed by atoms with E-state index in [2.05, 4.69) is 0 Å². The Labute approximate surface area is 242 Å². The van der Waals surface area contributed by atoms with Gasteiger partial charge in [-0.15, -0.1) is 0 Å². The third kappa shape index (κ3) is 5.33. The molecule has 0 radical (unpaired) electrons. The summed E-state index contributed by atoms with van der Waals surface area (Å²) in [6.45, 7) is 11.3. The Hall–Kier alpha value is -2.68. The van der Waals surface area contributed by atoms with Gasteiger partial charge in [0.1, 0.15) is 7.22 Å². The van der Waals surface area contributed by atoms with E-state index >= 15 is 26.3 Å². The zero-order chi connectivity index (χ0) is 33.0. The maximum atomic E-state index is 15.2. The van der Waals surface area contributed by atoms with Gasteiger partial charge < -0.3 is 0 Å². The summed E-state index contributed by atoms with van der Waals surface area (Å²) in [6.07, 6.45) is 0. The van der Waals surface area contributed by atoms with Gasteiger partial charge in [0.2, 0.25) is 5.82 Å². The summed E-state index contributed by atoms with van der Waals surface area (Å²) in [7, 11) is -2.48. The molecule has 0 fully saturated rings. The van der Waals surface area contributed by atoms with Gasteiger partial charge in [-0.25, -0.2) is 57.1 Å². The smallest absolute Gasteiger partial charge is 0.200 e. The molecule has 0 heterocycles. The highest BCUT2D eigenvalue weighted by Crippen LogP contribution is 2.51. The summed E-state index contributed by atoms with van der Waals surface area (Å²) < 4.78 is 190. The van der Waals surface area contributed by atoms with E-state index in [-0.39, 0.29) is 16.6 Å². The molecule has 0 amide bonds. The van der Waals surface area contributed by atoms with E-state index in [0.29, 0.717) is 0 Å². The molecule has 3 aromatic carbocycles. The molecule has 0 saturated heterocycles. The fourth-order valence-corrected chi connectivity index (χ4v) is 15.4. The standard InChI is InChI=1S/C28H23F13SSi/c1-8(2)43(9(3)4,10(5)6)42-7-11-16(29)18(31)12(19(32)17(11)30)13-20(33)22(35)14(23(36)21(13)34)15-24(37)26(39)28(41)27(40)25(15)38/h8-10H,7H2,1-6H3. The van der Waals surface area contributed by atoms with Gasteiger partial charge in [0.15, 0.2) is 69.8 Å². The maximum absolute atomic E-state index is 15.2. The third-order valence-corrected chi connectivity index (χ3v) is 20.0. The molecular formula is C28H23F13SSi. The van der Waals surface area contributed by atoms with Crippen molar-refractivity contribution in [2.75, 3.05) is 0 Å². The molecule has 0 saturated carbocycles. The monoisotopic (exact) mass is 666 g/mol. The second kappa shape index (κ2) is 12.4. The van der Waals surface area contributed by atoms with Crippen molar-refractivity contribution in [3.8, 4) is 22.3 Å². The SMILES string of the molecule is CC(C)[Si](SCc1c(F)c(F)c(-c2c(F)c(F)c(-c3c(F)c(F)c(F)c(F)c3F)c(F)c2F)c(F)c1F)(C(C)C)C(C)C. The van der Waals surface area contributed by atoms with Gasteiger partial charge in [-0.1, -0.05) is 41.5 Å². The van der Waals surface area contributed by atoms with Crippen LogP contribution in [0.3, 0.4) is 0 Å². The van der Waals surface area contributed by atoms with Crippen molar-refractivity contribution in [2.45, 2.75) is 63.9 Å². The molecular weight excluding hydrogens is 643 g/mol. The Morgan fingerprint density at radius 3 is 0.837 bits per heavy atom. The van der Waals surface area contributed by atoms with Crippen molar-refractivity contribution >= 4 is 18.4 Å². The van der Waals surface area contributed by atoms with Crippen molar-refractivity contribution in [1.29, 1.82) is 0 Å². The van der Waals surface area contributed by atoms with E-state index in [1.54, 1.807) is 0 Å². The molecule has 0 unspecified atom stereocenters. The van der Waals surface area contributed by atoms with Crippen LogP contribution < -0.4 is 0 Å². The third-order valence-electron chi connectivity index (χ3n) is 7.50. The van der Waals surface area contributed by atoms with E-state index in [1.807, 2.05) is 41.5 Å². The molecule has 236 valence electrons. The van der Waals surface area contributed by atoms with E-state index in [9.17, 15) is 30.7 Å². The van der Waals surface area contributed by atoms with Crippen LogP contribution in [0.25, 0.3) is 22.3 Å². The highest BCUT2D eigenvalue weighted by molar-refractivity contribution is 8.28. The van der Waals surface area contributed by atoms with Crippen LogP contribution in [0.1, 0.15) is 47.1 Å². The Balaban J connectivity index is 2.30. The quantitative estimate of drug-likeness (QED) is 0.0998. The average molecular weight is 667 g/mol. The van der Waals surface area contributed by atoms with E-state index in [4.69, 9.17) is 0 Å². The number of hydrogen-bond acceptors (Lipinski definition) is 1. The largest absolute Gasteiger partial charge is 0.203 e. The molecule has 0 atom stereocenters. The number of halogens is 13. The number of benzene rings is 3. The zero-order valence-corrected chi connectivity index (χ0v) is 25.1. The molecule has 0 aromatic heterocycles. The fourth-order valence-electron chi connectivity index (χ4n) is 5.62. The van der Waals surface area contributed by atoms with Crippen molar-refractivity contribution in [3.05, 3.63) is 81.2 Å². The summed E-state index contributed by atoms with van der Waals surface area (Å²) in [5.41, 5.74) is -10.5. The van der Waals surface area contributed by atoms with E-state index < -0.39 is 116 Å². The normalized spacial score (nSPS) is 12.4. The predicted molar refractivity (Wildman–Crippen MR) is 139 cm³/mol. The van der Waals surface area contributed by atoms with Crippen LogP contribution in [0.4, 0.5) is 57.1 Å². The van der Waals surface area contributed by atoms with Gasteiger partial charge in [0.05, 0.1) is 22.3 Å². The molecule has 0 aliphatic carbocycles. The minimum Gasteiger partial charge on any atom is -0.203 e. The highest BCUT2D eigenvalue weighted by Gasteiger charge is 2.44. The van der Waals surface area contributed by atoms with Crippen molar-refractivity contribution in [2.24, 2.45) is 0 Å². The second-order valence-electron chi connectivity index (χ2n) is 10.7. The van der Waals surface area contributed by atoms with Crippen LogP contribution >= 0.6 is 11.2 Å². The minimum absolute atomic E-state index is 0.0305. The first kappa shape index (κ1) is 34.8. The first-order valence-electron chi connectivity index (χ1n) is 12.6. The van der Waals surface area contributed by atoms with Crippen molar-refractivity contribution < 1.29 is 57.1 Å². The Morgan fingerprint density at radius 2 is 0.581 bits per heavy atom. The molecule has 0 nitrogen and oxygen atoms in total. The van der Waals surface area contributed by atoms with Crippen LogP contribution in [0.5, 0.6) is 0 Å². The molecule has 0 bridgehead atoms. The molecule has 3 aromatic rings. The van der Waals surface area contributed by atoms with Crippen LogP contribution in [0.2, 0.25) is 16.6 Å².